The second-order valence-corrected chi connectivity index (χ2v) is 7.66. The number of aryl methyl sites for hydroxylation is 2. The van der Waals surface area contributed by atoms with Crippen molar-refractivity contribution in [3.8, 4) is 0 Å². The number of nitrogens with zero attached hydrogens (tertiary/aromatic N) is 3. The van der Waals surface area contributed by atoms with E-state index in [4.69, 9.17) is 16.6 Å². The second kappa shape index (κ2) is 11.6. The third-order valence-corrected chi connectivity index (χ3v) is 4.64. The number of guanidine groups is 1. The maximum absolute atomic E-state index is 13.3. The molecule has 1 heterocycles. The van der Waals surface area contributed by atoms with E-state index >= 15 is 0 Å². The van der Waals surface area contributed by atoms with E-state index in [-0.39, 0.29) is 35.2 Å². The van der Waals surface area contributed by atoms with Gasteiger partial charge in [-0.1, -0.05) is 31.5 Å². The van der Waals surface area contributed by atoms with Crippen molar-refractivity contribution in [2.45, 2.75) is 39.0 Å². The average Bonchev–Trinajstić information content (AvgIpc) is 3.01. The molecule has 156 valence electrons. The van der Waals surface area contributed by atoms with Crippen LogP contribution in [0.25, 0.3) is 0 Å². The molecule has 0 fully saturated rings. The maximum Gasteiger partial charge on any atom is 0.191 e. The SMILES string of the molecule is CCNC(=NCC(C)(C)c1ccc(F)cc1Cl)NCCCc1cnn(C)c1.I. The van der Waals surface area contributed by atoms with Crippen molar-refractivity contribution in [3.05, 3.63) is 52.6 Å². The summed E-state index contributed by atoms with van der Waals surface area (Å²) >= 11 is 6.23. The first-order valence-corrected chi connectivity index (χ1v) is 9.65. The van der Waals surface area contributed by atoms with Crippen molar-refractivity contribution in [1.82, 2.24) is 20.4 Å². The molecule has 1 aromatic heterocycles. The van der Waals surface area contributed by atoms with Crippen LogP contribution in [0.3, 0.4) is 0 Å². The lowest BCUT2D eigenvalue weighted by atomic mass is 9.84. The number of hydrogen-bond acceptors (Lipinski definition) is 2. The van der Waals surface area contributed by atoms with E-state index in [1.54, 1.807) is 6.07 Å². The van der Waals surface area contributed by atoms with Gasteiger partial charge in [0.15, 0.2) is 5.96 Å². The van der Waals surface area contributed by atoms with Crippen molar-refractivity contribution < 1.29 is 4.39 Å². The van der Waals surface area contributed by atoms with Gasteiger partial charge in [-0.3, -0.25) is 9.67 Å². The predicted molar refractivity (Wildman–Crippen MR) is 125 cm³/mol. The first-order valence-electron chi connectivity index (χ1n) is 9.27. The first-order chi connectivity index (χ1) is 12.8. The van der Waals surface area contributed by atoms with Crippen LogP contribution >= 0.6 is 35.6 Å². The minimum absolute atomic E-state index is 0. The predicted octanol–water partition coefficient (Wildman–Crippen LogP) is 4.30. The van der Waals surface area contributed by atoms with Gasteiger partial charge in [0.05, 0.1) is 12.7 Å². The minimum Gasteiger partial charge on any atom is -0.357 e. The molecule has 0 atom stereocenters. The molecule has 0 bridgehead atoms. The molecule has 0 unspecified atom stereocenters. The van der Waals surface area contributed by atoms with Crippen LogP contribution in [0, 0.1) is 5.82 Å². The molecule has 8 heteroatoms. The van der Waals surface area contributed by atoms with Crippen LogP contribution in [0.2, 0.25) is 5.02 Å². The molecule has 2 rings (SSSR count). The fourth-order valence-electron chi connectivity index (χ4n) is 2.84. The van der Waals surface area contributed by atoms with Crippen LogP contribution in [0.15, 0.2) is 35.6 Å². The van der Waals surface area contributed by atoms with E-state index in [2.05, 4.69) is 29.6 Å². The highest BCUT2D eigenvalue weighted by Crippen LogP contribution is 2.30. The van der Waals surface area contributed by atoms with Gasteiger partial charge < -0.3 is 10.6 Å². The quantitative estimate of drug-likeness (QED) is 0.236. The summed E-state index contributed by atoms with van der Waals surface area (Å²) < 4.78 is 15.1. The fraction of sp³-hybridized carbons (Fsp3) is 0.500. The third-order valence-electron chi connectivity index (χ3n) is 4.33. The summed E-state index contributed by atoms with van der Waals surface area (Å²) in [6.07, 6.45) is 5.89. The number of rotatable bonds is 8. The zero-order chi connectivity index (χ0) is 19.9. The van der Waals surface area contributed by atoms with Gasteiger partial charge in [-0.25, -0.2) is 4.39 Å². The van der Waals surface area contributed by atoms with Gasteiger partial charge >= 0.3 is 0 Å². The molecule has 0 aliphatic heterocycles. The minimum atomic E-state index is -0.327. The molecular weight excluding hydrogens is 492 g/mol. The number of nitrogens with one attached hydrogen (secondary N) is 2. The zero-order valence-electron chi connectivity index (χ0n) is 16.9. The third kappa shape index (κ3) is 7.58. The van der Waals surface area contributed by atoms with E-state index in [1.807, 2.05) is 31.0 Å². The van der Waals surface area contributed by atoms with Gasteiger partial charge in [0.1, 0.15) is 5.82 Å². The molecule has 0 aliphatic carbocycles. The molecule has 0 saturated heterocycles. The van der Waals surface area contributed by atoms with Crippen molar-refractivity contribution in [2.75, 3.05) is 19.6 Å². The van der Waals surface area contributed by atoms with Crippen molar-refractivity contribution in [2.24, 2.45) is 12.0 Å². The highest BCUT2D eigenvalue weighted by molar-refractivity contribution is 14.0. The Morgan fingerprint density at radius 2 is 2.07 bits per heavy atom. The van der Waals surface area contributed by atoms with Crippen LogP contribution in [-0.2, 0) is 18.9 Å². The lowest BCUT2D eigenvalue weighted by molar-refractivity contribution is 0.534. The van der Waals surface area contributed by atoms with Crippen LogP contribution in [0.5, 0.6) is 0 Å². The Hall–Kier alpha value is -1.35. The summed E-state index contributed by atoms with van der Waals surface area (Å²) in [7, 11) is 1.92. The Morgan fingerprint density at radius 3 is 2.68 bits per heavy atom. The Kier molecular flexibility index (Phi) is 10.2. The topological polar surface area (TPSA) is 54.2 Å². The number of halogens is 3. The molecule has 2 N–H and O–H groups in total. The van der Waals surface area contributed by atoms with Crippen molar-refractivity contribution in [3.63, 3.8) is 0 Å². The smallest absolute Gasteiger partial charge is 0.191 e. The van der Waals surface area contributed by atoms with Gasteiger partial charge in [0, 0.05) is 36.8 Å². The number of benzene rings is 1. The van der Waals surface area contributed by atoms with Crippen LogP contribution in [0.4, 0.5) is 4.39 Å². The average molecular weight is 522 g/mol. The molecule has 0 radical (unpaired) electrons. The normalized spacial score (nSPS) is 11.9. The van der Waals surface area contributed by atoms with Gasteiger partial charge in [-0.2, -0.15) is 5.10 Å². The molecule has 0 saturated carbocycles. The van der Waals surface area contributed by atoms with E-state index in [0.29, 0.717) is 11.6 Å². The van der Waals surface area contributed by atoms with E-state index in [0.717, 1.165) is 37.5 Å². The van der Waals surface area contributed by atoms with Crippen LogP contribution < -0.4 is 10.6 Å². The molecular formula is C20H30ClFIN5. The molecule has 1 aromatic carbocycles. The Balaban J connectivity index is 0.00000392. The Morgan fingerprint density at radius 1 is 1.32 bits per heavy atom. The monoisotopic (exact) mass is 521 g/mol. The summed E-state index contributed by atoms with van der Waals surface area (Å²) in [5.74, 6) is 0.446. The van der Waals surface area contributed by atoms with E-state index in [9.17, 15) is 4.39 Å². The van der Waals surface area contributed by atoms with Crippen LogP contribution in [-0.4, -0.2) is 35.4 Å². The highest BCUT2D eigenvalue weighted by atomic mass is 127. The maximum atomic E-state index is 13.3. The van der Waals surface area contributed by atoms with E-state index < -0.39 is 0 Å². The summed E-state index contributed by atoms with van der Waals surface area (Å²) in [6, 6.07) is 4.53. The van der Waals surface area contributed by atoms with Crippen LogP contribution in [0.1, 0.15) is 38.3 Å². The van der Waals surface area contributed by atoms with Gasteiger partial charge in [-0.05, 0) is 43.0 Å². The first kappa shape index (κ1) is 24.7. The highest BCUT2D eigenvalue weighted by Gasteiger charge is 2.23. The lowest BCUT2D eigenvalue weighted by Crippen LogP contribution is -2.39. The summed E-state index contributed by atoms with van der Waals surface area (Å²) in [4.78, 5) is 4.70. The Bertz CT molecular complexity index is 776. The molecule has 0 amide bonds. The molecule has 2 aromatic rings. The fourth-order valence-corrected chi connectivity index (χ4v) is 3.27. The van der Waals surface area contributed by atoms with Crippen molar-refractivity contribution >= 4 is 41.5 Å². The summed E-state index contributed by atoms with van der Waals surface area (Å²) in [6.45, 7) is 8.29. The van der Waals surface area contributed by atoms with Gasteiger partial charge in [0.2, 0.25) is 0 Å². The number of aliphatic imine (C=N–C) groups is 1. The molecule has 0 aliphatic rings. The largest absolute Gasteiger partial charge is 0.357 e. The van der Waals surface area contributed by atoms with E-state index in [1.165, 1.54) is 17.7 Å². The summed E-state index contributed by atoms with van der Waals surface area (Å²) in [5, 5.41) is 11.2. The zero-order valence-corrected chi connectivity index (χ0v) is 20.0. The van der Waals surface area contributed by atoms with Crippen molar-refractivity contribution in [1.29, 1.82) is 0 Å². The Labute approximate surface area is 189 Å². The summed E-state index contributed by atoms with van der Waals surface area (Å²) in [5.41, 5.74) is 1.82. The van der Waals surface area contributed by atoms with Gasteiger partial charge in [-0.15, -0.1) is 24.0 Å². The lowest BCUT2D eigenvalue weighted by Gasteiger charge is -2.25. The molecule has 5 nitrogen and oxygen atoms in total. The van der Waals surface area contributed by atoms with Gasteiger partial charge in [0.25, 0.3) is 0 Å². The standard InChI is InChI=1S/C20H29ClFN5.HI/c1-5-23-19(24-10-6-7-15-12-26-27(4)13-15)25-14-20(2,3)17-9-8-16(22)11-18(17)21;/h8-9,11-13H,5-7,10,14H2,1-4H3,(H2,23,24,25);1H. The number of hydrogen-bond donors (Lipinski definition) is 2. The molecule has 28 heavy (non-hydrogen) atoms. The second-order valence-electron chi connectivity index (χ2n) is 7.26. The molecule has 0 spiro atoms. The number of aromatic nitrogens is 2.